The zero-order valence-electron chi connectivity index (χ0n) is 25.3. The number of rotatable bonds is 4. The van der Waals surface area contributed by atoms with Crippen LogP contribution in [0.15, 0.2) is 127 Å². The van der Waals surface area contributed by atoms with Crippen LogP contribution in [0.4, 0.5) is 0 Å². The second-order valence-electron chi connectivity index (χ2n) is 12.2. The SMILES string of the molecule is Cc1ccc(-c2nc3ccccc3n2-c2ccccc2-c2ccccc2)c2sc3cc(-c4cccc5c4CCCC5)ccc3c12. The summed E-state index contributed by atoms with van der Waals surface area (Å²) in [5.74, 6) is 0.980. The Morgan fingerprint density at radius 2 is 1.44 bits per heavy atom. The zero-order valence-corrected chi connectivity index (χ0v) is 26.1. The zero-order chi connectivity index (χ0) is 29.9. The number of hydrogen-bond donors (Lipinski definition) is 0. The maximum atomic E-state index is 5.33. The maximum absolute atomic E-state index is 5.33. The van der Waals surface area contributed by atoms with Gasteiger partial charge in [0.15, 0.2) is 0 Å². The second kappa shape index (κ2) is 10.6. The quantitative estimate of drug-likeness (QED) is 0.198. The number of fused-ring (bicyclic) bond motifs is 5. The summed E-state index contributed by atoms with van der Waals surface area (Å²) < 4.78 is 5.00. The van der Waals surface area contributed by atoms with Crippen LogP contribution in [0, 0.1) is 6.92 Å². The number of hydrogen-bond acceptors (Lipinski definition) is 2. The van der Waals surface area contributed by atoms with Crippen LogP contribution < -0.4 is 0 Å². The molecule has 0 spiro atoms. The fourth-order valence-electron chi connectivity index (χ4n) is 7.42. The lowest BCUT2D eigenvalue weighted by atomic mass is 9.86. The topological polar surface area (TPSA) is 17.8 Å². The third kappa shape index (κ3) is 4.26. The predicted octanol–water partition coefficient (Wildman–Crippen LogP) is 11.6. The summed E-state index contributed by atoms with van der Waals surface area (Å²) in [6, 6.07) is 46.5. The lowest BCUT2D eigenvalue weighted by molar-refractivity contribution is 0.687. The highest BCUT2D eigenvalue weighted by molar-refractivity contribution is 7.26. The van der Waals surface area contributed by atoms with E-state index in [1.807, 2.05) is 11.3 Å². The Morgan fingerprint density at radius 3 is 2.38 bits per heavy atom. The first-order valence-electron chi connectivity index (χ1n) is 15.9. The molecule has 0 N–H and O–H groups in total. The lowest BCUT2D eigenvalue weighted by Crippen LogP contribution is -2.04. The molecule has 0 bridgehead atoms. The van der Waals surface area contributed by atoms with Gasteiger partial charge in [-0.25, -0.2) is 4.98 Å². The molecule has 8 aromatic rings. The van der Waals surface area contributed by atoms with E-state index in [4.69, 9.17) is 4.98 Å². The Hall–Kier alpha value is -4.99. The Kier molecular flexibility index (Phi) is 6.21. The molecule has 0 saturated heterocycles. The van der Waals surface area contributed by atoms with E-state index in [1.165, 1.54) is 84.8 Å². The fourth-order valence-corrected chi connectivity index (χ4v) is 8.75. The highest BCUT2D eigenvalue weighted by atomic mass is 32.1. The van der Waals surface area contributed by atoms with Crippen molar-refractivity contribution in [2.24, 2.45) is 0 Å². The minimum atomic E-state index is 0.980. The molecule has 0 amide bonds. The molecule has 0 atom stereocenters. The largest absolute Gasteiger partial charge is 0.292 e. The van der Waals surface area contributed by atoms with Crippen molar-refractivity contribution < 1.29 is 0 Å². The summed E-state index contributed by atoms with van der Waals surface area (Å²) in [5.41, 5.74) is 13.9. The number of para-hydroxylation sites is 3. The number of thiophene rings is 1. The van der Waals surface area contributed by atoms with Crippen LogP contribution in [0.2, 0.25) is 0 Å². The van der Waals surface area contributed by atoms with Crippen LogP contribution in [-0.4, -0.2) is 9.55 Å². The van der Waals surface area contributed by atoms with Crippen LogP contribution in [0.25, 0.3) is 70.5 Å². The molecule has 0 unspecified atom stereocenters. The van der Waals surface area contributed by atoms with Crippen molar-refractivity contribution in [3.05, 3.63) is 144 Å². The lowest BCUT2D eigenvalue weighted by Gasteiger charge is -2.19. The number of benzene rings is 6. The summed E-state index contributed by atoms with van der Waals surface area (Å²) in [5, 5.41) is 2.67. The average molecular weight is 597 g/mol. The van der Waals surface area contributed by atoms with Gasteiger partial charge in [-0.1, -0.05) is 97.1 Å². The standard InChI is InChI=1S/C42H32N2S/c1-27-22-24-35(41-40(27)34-25-23-30(26-39(34)45-41)32-18-11-15-28-14-5-6-16-31(28)32)42-43-36-19-8-10-21-38(36)44(42)37-20-9-7-17-33(37)29-12-3-2-4-13-29/h2-4,7-13,15,17-26H,5-6,14,16H2,1H3. The molecule has 1 aliphatic carbocycles. The van der Waals surface area contributed by atoms with Crippen molar-refractivity contribution in [2.75, 3.05) is 0 Å². The minimum absolute atomic E-state index is 0.980. The highest BCUT2D eigenvalue weighted by Crippen LogP contribution is 2.45. The first kappa shape index (κ1) is 26.4. The van der Waals surface area contributed by atoms with E-state index in [0.29, 0.717) is 0 Å². The third-order valence-corrected chi connectivity index (χ3v) is 10.8. The van der Waals surface area contributed by atoms with E-state index in [2.05, 4.69) is 139 Å². The van der Waals surface area contributed by atoms with Gasteiger partial charge in [0.25, 0.3) is 0 Å². The van der Waals surface area contributed by atoms with E-state index < -0.39 is 0 Å². The summed E-state index contributed by atoms with van der Waals surface area (Å²) >= 11 is 1.90. The van der Waals surface area contributed by atoms with E-state index in [0.717, 1.165) is 22.5 Å². The van der Waals surface area contributed by atoms with Crippen LogP contribution in [0.1, 0.15) is 29.5 Å². The molecular formula is C42H32N2S. The summed E-state index contributed by atoms with van der Waals surface area (Å²) in [4.78, 5) is 5.33. The van der Waals surface area contributed by atoms with Gasteiger partial charge in [0.2, 0.25) is 0 Å². The van der Waals surface area contributed by atoms with Gasteiger partial charge >= 0.3 is 0 Å². The molecule has 2 nitrogen and oxygen atoms in total. The Labute approximate surface area is 267 Å². The molecule has 3 heteroatoms. The van der Waals surface area contributed by atoms with Gasteiger partial charge in [0, 0.05) is 31.3 Å². The Bertz CT molecular complexity index is 2390. The first-order valence-corrected chi connectivity index (χ1v) is 16.8. The van der Waals surface area contributed by atoms with Gasteiger partial charge in [-0.2, -0.15) is 0 Å². The molecule has 9 rings (SSSR count). The number of imidazole rings is 1. The third-order valence-electron chi connectivity index (χ3n) is 9.57. The molecule has 0 radical (unpaired) electrons. The van der Waals surface area contributed by atoms with Crippen LogP contribution >= 0.6 is 11.3 Å². The van der Waals surface area contributed by atoms with Crippen LogP contribution in [-0.2, 0) is 12.8 Å². The summed E-state index contributed by atoms with van der Waals surface area (Å²) in [7, 11) is 0. The minimum Gasteiger partial charge on any atom is -0.292 e. The summed E-state index contributed by atoms with van der Waals surface area (Å²) in [6.45, 7) is 2.24. The second-order valence-corrected chi connectivity index (χ2v) is 13.3. The number of aryl methyl sites for hydroxylation is 2. The van der Waals surface area contributed by atoms with Crippen molar-refractivity contribution in [3.63, 3.8) is 0 Å². The molecule has 2 heterocycles. The van der Waals surface area contributed by atoms with Crippen molar-refractivity contribution >= 4 is 42.5 Å². The normalized spacial score (nSPS) is 13.1. The van der Waals surface area contributed by atoms with E-state index in [-0.39, 0.29) is 0 Å². The van der Waals surface area contributed by atoms with Crippen LogP contribution in [0.3, 0.4) is 0 Å². The molecule has 0 fully saturated rings. The first-order chi connectivity index (χ1) is 22.2. The van der Waals surface area contributed by atoms with Gasteiger partial charge in [0.05, 0.1) is 16.7 Å². The monoisotopic (exact) mass is 596 g/mol. The molecule has 0 saturated carbocycles. The maximum Gasteiger partial charge on any atom is 0.147 e. The Morgan fingerprint density at radius 1 is 0.644 bits per heavy atom. The summed E-state index contributed by atoms with van der Waals surface area (Å²) in [6.07, 6.45) is 4.96. The smallest absolute Gasteiger partial charge is 0.147 e. The van der Waals surface area contributed by atoms with Gasteiger partial charge in [-0.15, -0.1) is 11.3 Å². The van der Waals surface area contributed by atoms with Gasteiger partial charge in [-0.3, -0.25) is 4.57 Å². The van der Waals surface area contributed by atoms with E-state index >= 15 is 0 Å². The molecule has 6 aromatic carbocycles. The van der Waals surface area contributed by atoms with Gasteiger partial charge in [0.1, 0.15) is 5.82 Å². The van der Waals surface area contributed by atoms with E-state index in [9.17, 15) is 0 Å². The van der Waals surface area contributed by atoms with Crippen molar-refractivity contribution in [3.8, 4) is 39.3 Å². The fraction of sp³-hybridized carbons (Fsp3) is 0.119. The molecule has 0 aliphatic heterocycles. The highest BCUT2D eigenvalue weighted by Gasteiger charge is 2.22. The van der Waals surface area contributed by atoms with Gasteiger partial charge < -0.3 is 0 Å². The average Bonchev–Trinajstić information content (AvgIpc) is 3.68. The predicted molar refractivity (Wildman–Crippen MR) is 192 cm³/mol. The molecular weight excluding hydrogens is 565 g/mol. The van der Waals surface area contributed by atoms with Crippen molar-refractivity contribution in [1.29, 1.82) is 0 Å². The molecule has 1 aliphatic rings. The Balaban J connectivity index is 1.29. The van der Waals surface area contributed by atoms with Gasteiger partial charge in [-0.05, 0) is 96.3 Å². The number of nitrogens with zero attached hydrogens (tertiary/aromatic N) is 2. The number of aromatic nitrogens is 2. The van der Waals surface area contributed by atoms with E-state index in [1.54, 1.807) is 5.56 Å². The molecule has 45 heavy (non-hydrogen) atoms. The molecule has 216 valence electrons. The van der Waals surface area contributed by atoms with Crippen molar-refractivity contribution in [1.82, 2.24) is 9.55 Å². The van der Waals surface area contributed by atoms with Crippen molar-refractivity contribution in [2.45, 2.75) is 32.6 Å². The molecule has 2 aromatic heterocycles. The van der Waals surface area contributed by atoms with Crippen LogP contribution in [0.5, 0.6) is 0 Å².